The molecule has 0 aromatic heterocycles. The van der Waals surface area contributed by atoms with Crippen LogP contribution in [0.1, 0.15) is 53.0 Å². The number of carbonyl (C=O) groups is 1. The van der Waals surface area contributed by atoms with Crippen LogP contribution in [0.15, 0.2) is 47.2 Å². The molecule has 1 aliphatic heterocycles. The van der Waals surface area contributed by atoms with Gasteiger partial charge in [-0.2, -0.15) is 0 Å². The van der Waals surface area contributed by atoms with Crippen LogP contribution in [0.5, 0.6) is 0 Å². The summed E-state index contributed by atoms with van der Waals surface area (Å²) < 4.78 is 35.8. The molecule has 2 rings (SSSR count). The maximum absolute atomic E-state index is 13.6. The summed E-state index contributed by atoms with van der Waals surface area (Å²) in [5.41, 5.74) is 0.647. The molecule has 0 spiro atoms. The number of rotatable bonds is 9. The van der Waals surface area contributed by atoms with Crippen LogP contribution in [0.4, 0.5) is 5.69 Å². The number of non-ortho nitro benzene ring substituents is 1. The van der Waals surface area contributed by atoms with Gasteiger partial charge in [0.25, 0.3) is 5.69 Å². The van der Waals surface area contributed by atoms with Crippen molar-refractivity contribution in [3.05, 3.63) is 62.9 Å². The normalized spacial score (nSPS) is 16.9. The second-order valence-electron chi connectivity index (χ2n) is 7.43. The molecule has 0 bridgehead atoms. The van der Waals surface area contributed by atoms with Crippen LogP contribution in [-0.2, 0) is 27.9 Å². The third-order valence-electron chi connectivity index (χ3n) is 4.18. The van der Waals surface area contributed by atoms with Gasteiger partial charge in [-0.25, -0.2) is 4.79 Å². The molecule has 1 aliphatic rings. The van der Waals surface area contributed by atoms with E-state index in [0.717, 1.165) is 0 Å². The van der Waals surface area contributed by atoms with E-state index in [1.54, 1.807) is 41.5 Å². The number of hydrogen-bond acceptors (Lipinski definition) is 8. The zero-order valence-corrected chi connectivity index (χ0v) is 19.4. The summed E-state index contributed by atoms with van der Waals surface area (Å²) >= 11 is 0. The van der Waals surface area contributed by atoms with E-state index in [1.165, 1.54) is 30.3 Å². The van der Waals surface area contributed by atoms with E-state index in [0.29, 0.717) is 5.56 Å². The molecular formula is C21H28NO8P. The molecule has 0 N–H and O–H groups in total. The first-order chi connectivity index (χ1) is 14.5. The number of benzene rings is 1. The molecule has 0 saturated carbocycles. The summed E-state index contributed by atoms with van der Waals surface area (Å²) in [5.74, 6) is -1.12. The molecule has 10 heteroatoms. The van der Waals surface area contributed by atoms with Crippen LogP contribution in [-0.4, -0.2) is 29.7 Å². The maximum Gasteiger partial charge on any atom is 0.396 e. The Labute approximate surface area is 181 Å². The Morgan fingerprint density at radius 3 is 2.16 bits per heavy atom. The standard InChI is InChI=1S/C21H28NO8P/c1-7-27-21(23)20-15(6)28-19(31(26,29-13(2)3)30-14(4)5)12-18(20)16-8-10-17(11-9-16)22(24)25/h8-14,18H,7H2,1-6H3. The minimum absolute atomic E-state index is 0.0381. The number of allylic oxidation sites excluding steroid dienone is 2. The summed E-state index contributed by atoms with van der Waals surface area (Å²) in [5, 5.41) is 11.0. The first kappa shape index (κ1) is 24.8. The van der Waals surface area contributed by atoms with Crippen LogP contribution < -0.4 is 0 Å². The molecule has 1 atom stereocenters. The van der Waals surface area contributed by atoms with Crippen molar-refractivity contribution in [3.63, 3.8) is 0 Å². The quantitative estimate of drug-likeness (QED) is 0.210. The van der Waals surface area contributed by atoms with Crippen molar-refractivity contribution in [1.82, 2.24) is 0 Å². The highest BCUT2D eigenvalue weighted by Gasteiger charge is 2.41. The summed E-state index contributed by atoms with van der Waals surface area (Å²) in [6.45, 7) is 10.3. The Morgan fingerprint density at radius 2 is 1.71 bits per heavy atom. The van der Waals surface area contributed by atoms with E-state index in [2.05, 4.69) is 0 Å². The number of ether oxygens (including phenoxy) is 2. The van der Waals surface area contributed by atoms with Crippen LogP contribution in [0, 0.1) is 10.1 Å². The Balaban J connectivity index is 2.60. The van der Waals surface area contributed by atoms with E-state index < -0.39 is 36.6 Å². The molecule has 0 amide bonds. The lowest BCUT2D eigenvalue weighted by molar-refractivity contribution is -0.384. The molecule has 0 fully saturated rings. The van der Waals surface area contributed by atoms with Gasteiger partial charge in [0.15, 0.2) is 0 Å². The second-order valence-corrected chi connectivity index (χ2v) is 9.29. The van der Waals surface area contributed by atoms with Crippen molar-refractivity contribution in [2.24, 2.45) is 0 Å². The predicted molar refractivity (Wildman–Crippen MR) is 114 cm³/mol. The molecule has 0 aliphatic carbocycles. The highest BCUT2D eigenvalue weighted by molar-refractivity contribution is 7.58. The first-order valence-electron chi connectivity index (χ1n) is 9.97. The highest BCUT2D eigenvalue weighted by Crippen LogP contribution is 2.61. The molecule has 170 valence electrons. The van der Waals surface area contributed by atoms with Crippen LogP contribution >= 0.6 is 7.60 Å². The zero-order chi connectivity index (χ0) is 23.3. The SMILES string of the molecule is CCOC(=O)C1=C(C)OC(P(=O)(OC(C)C)OC(C)C)=CC1c1ccc([N+](=O)[O-])cc1. The van der Waals surface area contributed by atoms with Crippen molar-refractivity contribution >= 4 is 19.3 Å². The highest BCUT2D eigenvalue weighted by atomic mass is 31.2. The van der Waals surface area contributed by atoms with Crippen molar-refractivity contribution in [1.29, 1.82) is 0 Å². The van der Waals surface area contributed by atoms with Crippen molar-refractivity contribution < 1.29 is 32.8 Å². The number of hydrogen-bond donors (Lipinski definition) is 0. The Bertz CT molecular complexity index is 919. The van der Waals surface area contributed by atoms with Gasteiger partial charge >= 0.3 is 13.6 Å². The molecule has 1 heterocycles. The van der Waals surface area contributed by atoms with Gasteiger partial charge in [0, 0.05) is 18.1 Å². The number of esters is 1. The third kappa shape index (κ3) is 6.03. The Hall–Kier alpha value is -2.48. The molecule has 1 aromatic carbocycles. The van der Waals surface area contributed by atoms with Gasteiger partial charge in [-0.3, -0.25) is 14.7 Å². The van der Waals surface area contributed by atoms with E-state index in [4.69, 9.17) is 18.5 Å². The smallest absolute Gasteiger partial charge is 0.396 e. The summed E-state index contributed by atoms with van der Waals surface area (Å²) in [6.07, 6.45) is 0.664. The fraction of sp³-hybridized carbons (Fsp3) is 0.476. The van der Waals surface area contributed by atoms with Crippen LogP contribution in [0.2, 0.25) is 0 Å². The van der Waals surface area contributed by atoms with Gasteiger partial charge in [-0.1, -0.05) is 12.1 Å². The second kappa shape index (κ2) is 10.2. The lowest BCUT2D eigenvalue weighted by Gasteiger charge is -2.30. The molecule has 0 saturated heterocycles. The minimum atomic E-state index is -3.86. The summed E-state index contributed by atoms with van der Waals surface area (Å²) in [4.78, 5) is 23.1. The number of nitro benzene ring substituents is 1. The molecule has 31 heavy (non-hydrogen) atoms. The third-order valence-corrected chi connectivity index (χ3v) is 6.36. The molecule has 9 nitrogen and oxygen atoms in total. The Morgan fingerprint density at radius 1 is 1.16 bits per heavy atom. The van der Waals surface area contributed by atoms with Crippen LogP contribution in [0.3, 0.4) is 0 Å². The van der Waals surface area contributed by atoms with E-state index >= 15 is 0 Å². The average Bonchev–Trinajstić information content (AvgIpc) is 2.66. The minimum Gasteiger partial charge on any atom is -0.463 e. The average molecular weight is 453 g/mol. The predicted octanol–water partition coefficient (Wildman–Crippen LogP) is 5.43. The summed E-state index contributed by atoms with van der Waals surface area (Å²) in [7, 11) is -3.86. The van der Waals surface area contributed by atoms with E-state index in [9.17, 15) is 19.5 Å². The van der Waals surface area contributed by atoms with Gasteiger partial charge in [-0.15, -0.1) is 0 Å². The fourth-order valence-corrected chi connectivity index (χ4v) is 5.02. The Kier molecular flexibility index (Phi) is 8.17. The van der Waals surface area contributed by atoms with Gasteiger partial charge < -0.3 is 18.5 Å². The van der Waals surface area contributed by atoms with Crippen LogP contribution in [0.25, 0.3) is 0 Å². The maximum atomic E-state index is 13.6. The fourth-order valence-electron chi connectivity index (χ4n) is 3.07. The topological polar surface area (TPSA) is 114 Å². The lowest BCUT2D eigenvalue weighted by atomic mass is 9.89. The lowest BCUT2D eigenvalue weighted by Crippen LogP contribution is -2.21. The van der Waals surface area contributed by atoms with E-state index in [-0.39, 0.29) is 29.1 Å². The van der Waals surface area contributed by atoms with Crippen molar-refractivity contribution in [3.8, 4) is 0 Å². The monoisotopic (exact) mass is 453 g/mol. The number of carbonyl (C=O) groups excluding carboxylic acids is 1. The van der Waals surface area contributed by atoms with E-state index in [1.807, 2.05) is 0 Å². The molecule has 0 radical (unpaired) electrons. The molecule has 1 aromatic rings. The largest absolute Gasteiger partial charge is 0.463 e. The zero-order valence-electron chi connectivity index (χ0n) is 18.5. The summed E-state index contributed by atoms with van der Waals surface area (Å²) in [6, 6.07) is 5.75. The first-order valence-corrected chi connectivity index (χ1v) is 11.5. The van der Waals surface area contributed by atoms with Gasteiger partial charge in [0.1, 0.15) is 5.76 Å². The number of nitrogens with zero attached hydrogens (tertiary/aromatic N) is 1. The number of nitro groups is 1. The van der Waals surface area contributed by atoms with Crippen molar-refractivity contribution in [2.75, 3.05) is 6.61 Å². The molecule has 1 unspecified atom stereocenters. The van der Waals surface area contributed by atoms with Gasteiger partial charge in [0.2, 0.25) is 5.50 Å². The van der Waals surface area contributed by atoms with Gasteiger partial charge in [0.05, 0.1) is 29.3 Å². The van der Waals surface area contributed by atoms with Crippen molar-refractivity contribution in [2.45, 2.75) is 59.7 Å². The van der Waals surface area contributed by atoms with Gasteiger partial charge in [-0.05, 0) is 53.2 Å². The molecular weight excluding hydrogens is 425 g/mol.